The molecule has 1 N–H and O–H groups in total. The number of anilines is 1. The van der Waals surface area contributed by atoms with E-state index in [1.54, 1.807) is 0 Å². The number of amides is 2. The van der Waals surface area contributed by atoms with Gasteiger partial charge in [0.2, 0.25) is 0 Å². The van der Waals surface area contributed by atoms with Gasteiger partial charge in [-0.25, -0.2) is 4.79 Å². The quantitative estimate of drug-likeness (QED) is 0.670. The fourth-order valence-corrected chi connectivity index (χ4v) is 2.42. The zero-order chi connectivity index (χ0) is 17.9. The number of nitrogens with one attached hydrogen (secondary N) is 1. The van der Waals surface area contributed by atoms with Crippen molar-refractivity contribution >= 4 is 17.4 Å². The highest BCUT2D eigenvalue weighted by Gasteiger charge is 2.38. The molecule has 10 heteroatoms. The van der Waals surface area contributed by atoms with Crippen molar-refractivity contribution in [2.45, 2.75) is 12.6 Å². The number of alkyl halides is 3. The molecule has 1 saturated heterocycles. The maximum Gasteiger partial charge on any atom is 0.423 e. The Kier molecular flexibility index (Phi) is 5.27. The molecule has 0 bridgehead atoms. The molecule has 1 aliphatic heterocycles. The van der Waals surface area contributed by atoms with Crippen LogP contribution in [0.15, 0.2) is 18.2 Å². The van der Waals surface area contributed by atoms with E-state index in [-0.39, 0.29) is 11.6 Å². The lowest BCUT2D eigenvalue weighted by molar-refractivity contribution is -0.388. The van der Waals surface area contributed by atoms with Crippen LogP contribution in [0.1, 0.15) is 12.0 Å². The second kappa shape index (κ2) is 7.04. The van der Waals surface area contributed by atoms with Crippen LogP contribution in [0, 0.1) is 16.0 Å². The fraction of sp³-hybridized carbons (Fsp3) is 0.500. The van der Waals surface area contributed by atoms with Crippen LogP contribution < -0.4 is 5.32 Å². The van der Waals surface area contributed by atoms with E-state index in [0.29, 0.717) is 25.8 Å². The van der Waals surface area contributed by atoms with Crippen molar-refractivity contribution in [1.82, 2.24) is 4.90 Å². The van der Waals surface area contributed by atoms with E-state index >= 15 is 0 Å². The molecule has 1 aromatic carbocycles. The van der Waals surface area contributed by atoms with Crippen molar-refractivity contribution in [3.63, 3.8) is 0 Å². The minimum absolute atomic E-state index is 0.160. The summed E-state index contributed by atoms with van der Waals surface area (Å²) in [4.78, 5) is 23.0. The minimum Gasteiger partial charge on any atom is -0.381 e. The first-order valence-corrected chi connectivity index (χ1v) is 7.14. The predicted molar refractivity (Wildman–Crippen MR) is 78.7 cm³/mol. The second-order valence-corrected chi connectivity index (χ2v) is 5.53. The number of urea groups is 1. The number of rotatable bonds is 4. The highest BCUT2D eigenvalue weighted by atomic mass is 19.4. The highest BCUT2D eigenvalue weighted by Crippen LogP contribution is 2.37. The Balaban J connectivity index is 2.11. The number of ether oxygens (including phenoxy) is 1. The normalized spacial score (nSPS) is 17.6. The summed E-state index contributed by atoms with van der Waals surface area (Å²) in [6, 6.07) is 1.76. The molecule has 24 heavy (non-hydrogen) atoms. The molecule has 2 amide bonds. The molecule has 1 atom stereocenters. The third-order valence-corrected chi connectivity index (χ3v) is 3.65. The van der Waals surface area contributed by atoms with Crippen molar-refractivity contribution in [3.05, 3.63) is 33.9 Å². The lowest BCUT2D eigenvalue weighted by Crippen LogP contribution is -2.35. The van der Waals surface area contributed by atoms with Crippen LogP contribution in [0.3, 0.4) is 0 Å². The summed E-state index contributed by atoms with van der Waals surface area (Å²) in [5.41, 5.74) is -2.62. The number of hydrogen-bond donors (Lipinski definition) is 1. The number of carbonyl (C=O) groups is 1. The van der Waals surface area contributed by atoms with Gasteiger partial charge in [0.25, 0.3) is 5.69 Å². The number of carbonyl (C=O) groups excluding carboxylic acids is 1. The van der Waals surface area contributed by atoms with Gasteiger partial charge in [-0.1, -0.05) is 0 Å². The van der Waals surface area contributed by atoms with E-state index in [4.69, 9.17) is 4.74 Å². The van der Waals surface area contributed by atoms with Gasteiger partial charge in [0.1, 0.15) is 5.56 Å². The molecule has 1 aliphatic rings. The molecule has 2 rings (SSSR count). The molecule has 0 spiro atoms. The molecule has 1 fully saturated rings. The van der Waals surface area contributed by atoms with Gasteiger partial charge in [0, 0.05) is 37.9 Å². The van der Waals surface area contributed by atoms with Crippen LogP contribution in [-0.4, -0.2) is 42.7 Å². The monoisotopic (exact) mass is 347 g/mol. The zero-order valence-electron chi connectivity index (χ0n) is 12.8. The molecule has 0 aliphatic carbocycles. The molecule has 0 saturated carbocycles. The highest BCUT2D eigenvalue weighted by molar-refractivity contribution is 5.89. The summed E-state index contributed by atoms with van der Waals surface area (Å²) in [7, 11) is 1.52. The molecule has 0 aromatic heterocycles. The van der Waals surface area contributed by atoms with Gasteiger partial charge in [-0.05, 0) is 18.6 Å². The molecule has 0 unspecified atom stereocenters. The van der Waals surface area contributed by atoms with Crippen molar-refractivity contribution in [2.75, 3.05) is 32.1 Å². The topological polar surface area (TPSA) is 84.7 Å². The average Bonchev–Trinajstić information content (AvgIpc) is 2.98. The smallest absolute Gasteiger partial charge is 0.381 e. The molecule has 7 nitrogen and oxygen atoms in total. The fourth-order valence-electron chi connectivity index (χ4n) is 2.42. The van der Waals surface area contributed by atoms with Crippen LogP contribution in [0.5, 0.6) is 0 Å². The first-order chi connectivity index (χ1) is 11.2. The summed E-state index contributed by atoms with van der Waals surface area (Å²) < 4.78 is 43.9. The van der Waals surface area contributed by atoms with E-state index < -0.39 is 28.4 Å². The summed E-state index contributed by atoms with van der Waals surface area (Å²) in [6.07, 6.45) is -4.08. The van der Waals surface area contributed by atoms with Gasteiger partial charge in [-0.2, -0.15) is 13.2 Å². The van der Waals surface area contributed by atoms with Crippen LogP contribution in [0.4, 0.5) is 29.3 Å². The largest absolute Gasteiger partial charge is 0.423 e. The van der Waals surface area contributed by atoms with Gasteiger partial charge in [0.15, 0.2) is 0 Å². The maximum absolute atomic E-state index is 12.9. The van der Waals surface area contributed by atoms with E-state index in [2.05, 4.69) is 5.32 Å². The van der Waals surface area contributed by atoms with Crippen molar-refractivity contribution in [1.29, 1.82) is 0 Å². The summed E-state index contributed by atoms with van der Waals surface area (Å²) >= 11 is 0. The lowest BCUT2D eigenvalue weighted by Gasteiger charge is -2.21. The molecule has 1 aromatic rings. The minimum atomic E-state index is -4.89. The van der Waals surface area contributed by atoms with Gasteiger partial charge < -0.3 is 15.0 Å². The Hall–Kier alpha value is -2.36. The van der Waals surface area contributed by atoms with Gasteiger partial charge in [0.05, 0.1) is 11.5 Å². The van der Waals surface area contributed by atoms with Crippen LogP contribution in [0.2, 0.25) is 0 Å². The summed E-state index contributed by atoms with van der Waals surface area (Å²) in [5, 5.41) is 13.0. The van der Waals surface area contributed by atoms with Crippen LogP contribution >= 0.6 is 0 Å². The Morgan fingerprint density at radius 3 is 2.75 bits per heavy atom. The van der Waals surface area contributed by atoms with Gasteiger partial charge in [-0.3, -0.25) is 10.1 Å². The number of nitro groups is 1. The van der Waals surface area contributed by atoms with E-state index in [1.807, 2.05) is 0 Å². The Morgan fingerprint density at radius 1 is 1.50 bits per heavy atom. The number of halogens is 3. The number of nitro benzene ring substituents is 1. The van der Waals surface area contributed by atoms with Gasteiger partial charge in [-0.15, -0.1) is 0 Å². The third kappa shape index (κ3) is 4.34. The standard InChI is InChI=1S/C14H16F3N3O4/c1-19(7-9-4-5-24-8-9)13(21)18-10-2-3-12(20(22)23)11(6-10)14(15,16)17/h2-3,6,9H,4-5,7-8H2,1H3,(H,18,21)/t9-/m1/s1. The van der Waals surface area contributed by atoms with Gasteiger partial charge >= 0.3 is 12.2 Å². The summed E-state index contributed by atoms with van der Waals surface area (Å²) in [5.74, 6) is 0.184. The van der Waals surface area contributed by atoms with E-state index in [1.165, 1.54) is 11.9 Å². The average molecular weight is 347 g/mol. The summed E-state index contributed by atoms with van der Waals surface area (Å²) in [6.45, 7) is 1.57. The zero-order valence-corrected chi connectivity index (χ0v) is 12.8. The predicted octanol–water partition coefficient (Wildman–Crippen LogP) is 3.11. The SMILES string of the molecule is CN(C[C@H]1CCOC1)C(=O)Nc1ccc([N+](=O)[O-])c(C(F)(F)F)c1. The Labute approximate surface area is 135 Å². The first-order valence-electron chi connectivity index (χ1n) is 7.14. The number of hydrogen-bond acceptors (Lipinski definition) is 4. The molecular formula is C14H16F3N3O4. The first kappa shape index (κ1) is 18.0. The van der Waals surface area contributed by atoms with E-state index in [0.717, 1.165) is 18.6 Å². The third-order valence-electron chi connectivity index (χ3n) is 3.65. The van der Waals surface area contributed by atoms with E-state index in [9.17, 15) is 28.1 Å². The lowest BCUT2D eigenvalue weighted by atomic mass is 10.1. The molecular weight excluding hydrogens is 331 g/mol. The Morgan fingerprint density at radius 2 is 2.21 bits per heavy atom. The van der Waals surface area contributed by atoms with Crippen molar-refractivity contribution in [3.8, 4) is 0 Å². The van der Waals surface area contributed by atoms with Crippen LogP contribution in [-0.2, 0) is 10.9 Å². The molecule has 132 valence electrons. The van der Waals surface area contributed by atoms with Crippen LogP contribution in [0.25, 0.3) is 0 Å². The molecule has 0 radical (unpaired) electrons. The van der Waals surface area contributed by atoms with Crippen molar-refractivity contribution < 1.29 is 27.6 Å². The Bertz CT molecular complexity index is 630. The second-order valence-electron chi connectivity index (χ2n) is 5.53. The number of benzene rings is 1. The number of nitrogens with zero attached hydrogens (tertiary/aromatic N) is 2. The maximum atomic E-state index is 12.9. The molecule has 1 heterocycles. The van der Waals surface area contributed by atoms with Crippen molar-refractivity contribution in [2.24, 2.45) is 5.92 Å².